The van der Waals surface area contributed by atoms with Gasteiger partial charge in [-0.2, -0.15) is 0 Å². The second-order valence-electron chi connectivity index (χ2n) is 3.49. The van der Waals surface area contributed by atoms with E-state index in [2.05, 4.69) is 11.8 Å². The lowest BCUT2D eigenvalue weighted by Gasteiger charge is -2.08. The van der Waals surface area contributed by atoms with Gasteiger partial charge in [0.05, 0.1) is 31.1 Å². The number of methoxy groups -OCH3 is 2. The van der Waals surface area contributed by atoms with Crippen LogP contribution in [0.4, 0.5) is 0 Å². The van der Waals surface area contributed by atoms with Gasteiger partial charge in [0.15, 0.2) is 11.4 Å². The molecule has 0 aliphatic carbocycles. The molecule has 0 saturated heterocycles. The molecular formula is C14H14O4S. The fraction of sp³-hybridized carbons (Fsp3) is 0.286. The summed E-state index contributed by atoms with van der Waals surface area (Å²) in [7, 11) is 2.99. The van der Waals surface area contributed by atoms with Gasteiger partial charge in [0.25, 0.3) is 0 Å². The average molecular weight is 278 g/mol. The van der Waals surface area contributed by atoms with Crippen LogP contribution in [-0.2, 0) is 4.79 Å². The molecule has 0 saturated carbocycles. The van der Waals surface area contributed by atoms with E-state index in [1.54, 1.807) is 12.1 Å². The molecule has 0 fully saturated rings. The van der Waals surface area contributed by atoms with Crippen molar-refractivity contribution in [1.82, 2.24) is 0 Å². The highest BCUT2D eigenvalue weighted by Gasteiger charge is 2.09. The molecule has 0 aliphatic heterocycles. The molecule has 0 bridgehead atoms. The Morgan fingerprint density at radius 3 is 2.53 bits per heavy atom. The molecule has 1 aromatic carbocycles. The predicted octanol–water partition coefficient (Wildman–Crippen LogP) is 2.15. The van der Waals surface area contributed by atoms with Crippen LogP contribution in [0.5, 0.6) is 11.5 Å². The van der Waals surface area contributed by atoms with E-state index in [9.17, 15) is 9.59 Å². The Morgan fingerprint density at radius 2 is 2.00 bits per heavy atom. The van der Waals surface area contributed by atoms with Crippen LogP contribution in [0.15, 0.2) is 12.1 Å². The van der Waals surface area contributed by atoms with Gasteiger partial charge in [-0.3, -0.25) is 9.59 Å². The van der Waals surface area contributed by atoms with Crippen LogP contribution in [0.25, 0.3) is 0 Å². The molecule has 0 N–H and O–H groups in total. The molecule has 4 nitrogen and oxygen atoms in total. The van der Waals surface area contributed by atoms with Crippen molar-refractivity contribution in [1.29, 1.82) is 0 Å². The Labute approximate surface area is 116 Å². The van der Waals surface area contributed by atoms with E-state index in [4.69, 9.17) is 9.47 Å². The van der Waals surface area contributed by atoms with Gasteiger partial charge in [0.2, 0.25) is 0 Å². The quantitative estimate of drug-likeness (QED) is 0.624. The number of aldehydes is 1. The number of ether oxygens (including phenoxy) is 2. The van der Waals surface area contributed by atoms with Crippen LogP contribution in [-0.4, -0.2) is 31.4 Å². The first-order valence-corrected chi connectivity index (χ1v) is 6.44. The maximum Gasteiger partial charge on any atom is 0.186 e. The SMILES string of the molecule is COc1cc(C=O)c(OC)cc1C#CCSC(C)=O. The summed E-state index contributed by atoms with van der Waals surface area (Å²) in [5.74, 6) is 7.13. The minimum absolute atomic E-state index is 0.0233. The monoisotopic (exact) mass is 278 g/mol. The van der Waals surface area contributed by atoms with Crippen molar-refractivity contribution in [3.8, 4) is 23.3 Å². The fourth-order valence-corrected chi connectivity index (χ4v) is 1.73. The van der Waals surface area contributed by atoms with E-state index in [0.717, 1.165) is 11.8 Å². The molecule has 100 valence electrons. The Morgan fingerprint density at radius 1 is 1.32 bits per heavy atom. The molecule has 0 aromatic heterocycles. The van der Waals surface area contributed by atoms with Crippen LogP contribution < -0.4 is 9.47 Å². The van der Waals surface area contributed by atoms with Crippen LogP contribution in [0.2, 0.25) is 0 Å². The number of hydrogen-bond acceptors (Lipinski definition) is 5. The van der Waals surface area contributed by atoms with Crippen molar-refractivity contribution in [2.45, 2.75) is 6.92 Å². The van der Waals surface area contributed by atoms with E-state index in [1.807, 2.05) is 0 Å². The number of carbonyl (C=O) groups excluding carboxylic acids is 2. The summed E-state index contributed by atoms with van der Waals surface area (Å²) in [5, 5.41) is 0.0233. The molecule has 1 aromatic rings. The standard InChI is InChI=1S/C14H14O4S/c1-10(16)19-6-4-5-11-7-14(18-3)12(9-15)8-13(11)17-2/h7-9H,6H2,1-3H3. The zero-order chi connectivity index (χ0) is 14.3. The lowest BCUT2D eigenvalue weighted by Crippen LogP contribution is -1.95. The highest BCUT2D eigenvalue weighted by molar-refractivity contribution is 8.13. The zero-order valence-corrected chi connectivity index (χ0v) is 11.8. The molecule has 0 unspecified atom stereocenters. The first-order valence-electron chi connectivity index (χ1n) is 5.45. The lowest BCUT2D eigenvalue weighted by molar-refractivity contribution is -0.109. The molecular weight excluding hydrogens is 264 g/mol. The summed E-state index contributed by atoms with van der Waals surface area (Å²) < 4.78 is 10.3. The van der Waals surface area contributed by atoms with Gasteiger partial charge < -0.3 is 9.47 Å². The van der Waals surface area contributed by atoms with Gasteiger partial charge >= 0.3 is 0 Å². The summed E-state index contributed by atoms with van der Waals surface area (Å²) in [5.41, 5.74) is 1.03. The summed E-state index contributed by atoms with van der Waals surface area (Å²) in [6, 6.07) is 3.22. The van der Waals surface area contributed by atoms with Gasteiger partial charge in [-0.05, 0) is 6.07 Å². The van der Waals surface area contributed by atoms with Crippen molar-refractivity contribution >= 4 is 23.2 Å². The Hall–Kier alpha value is -1.93. The third-order valence-corrected chi connectivity index (χ3v) is 2.94. The van der Waals surface area contributed by atoms with Gasteiger partial charge in [-0.1, -0.05) is 23.6 Å². The van der Waals surface area contributed by atoms with Crippen LogP contribution in [0.1, 0.15) is 22.8 Å². The van der Waals surface area contributed by atoms with E-state index < -0.39 is 0 Å². The van der Waals surface area contributed by atoms with Crippen molar-refractivity contribution in [2.24, 2.45) is 0 Å². The molecule has 0 heterocycles. The van der Waals surface area contributed by atoms with Crippen molar-refractivity contribution < 1.29 is 19.1 Å². The summed E-state index contributed by atoms with van der Waals surface area (Å²) >= 11 is 1.14. The largest absolute Gasteiger partial charge is 0.496 e. The van der Waals surface area contributed by atoms with Crippen LogP contribution in [0.3, 0.4) is 0 Å². The van der Waals surface area contributed by atoms with Crippen LogP contribution >= 0.6 is 11.8 Å². The average Bonchev–Trinajstić information content (AvgIpc) is 2.42. The number of thioether (sulfide) groups is 1. The first-order chi connectivity index (χ1) is 9.12. The molecule has 0 radical (unpaired) electrons. The summed E-state index contributed by atoms with van der Waals surface area (Å²) in [6.07, 6.45) is 0.699. The number of hydrogen-bond donors (Lipinski definition) is 0. The molecule has 0 aliphatic rings. The first kappa shape index (κ1) is 15.1. The maximum absolute atomic E-state index is 10.9. The Bertz CT molecular complexity index is 540. The van der Waals surface area contributed by atoms with Crippen molar-refractivity contribution in [3.05, 3.63) is 23.3 Å². The zero-order valence-electron chi connectivity index (χ0n) is 11.0. The molecule has 0 spiro atoms. The van der Waals surface area contributed by atoms with E-state index in [0.29, 0.717) is 34.7 Å². The number of carbonyl (C=O) groups is 2. The Kier molecular flexibility index (Phi) is 5.97. The van der Waals surface area contributed by atoms with Crippen molar-refractivity contribution in [2.75, 3.05) is 20.0 Å². The van der Waals surface area contributed by atoms with E-state index in [-0.39, 0.29) is 5.12 Å². The summed E-state index contributed by atoms with van der Waals surface area (Å²) in [4.78, 5) is 21.7. The topological polar surface area (TPSA) is 52.6 Å². The van der Waals surface area contributed by atoms with Gasteiger partial charge in [0, 0.05) is 13.0 Å². The molecule has 19 heavy (non-hydrogen) atoms. The fourth-order valence-electron chi connectivity index (χ4n) is 1.38. The predicted molar refractivity (Wildman–Crippen MR) is 75.0 cm³/mol. The van der Waals surface area contributed by atoms with Crippen LogP contribution in [0, 0.1) is 11.8 Å². The maximum atomic E-state index is 10.9. The smallest absolute Gasteiger partial charge is 0.186 e. The second-order valence-corrected chi connectivity index (χ2v) is 4.65. The van der Waals surface area contributed by atoms with Crippen molar-refractivity contribution in [3.63, 3.8) is 0 Å². The van der Waals surface area contributed by atoms with Gasteiger partial charge in [0.1, 0.15) is 11.5 Å². The molecule has 5 heteroatoms. The highest BCUT2D eigenvalue weighted by atomic mass is 32.2. The third kappa shape index (κ3) is 4.34. The normalized spacial score (nSPS) is 9.21. The van der Waals surface area contributed by atoms with E-state index >= 15 is 0 Å². The molecule has 0 amide bonds. The minimum atomic E-state index is 0.0233. The highest BCUT2D eigenvalue weighted by Crippen LogP contribution is 2.27. The molecule has 0 atom stereocenters. The molecule has 1 rings (SSSR count). The van der Waals surface area contributed by atoms with Gasteiger partial charge in [-0.25, -0.2) is 0 Å². The van der Waals surface area contributed by atoms with Gasteiger partial charge in [-0.15, -0.1) is 0 Å². The van der Waals surface area contributed by atoms with E-state index in [1.165, 1.54) is 21.1 Å². The minimum Gasteiger partial charge on any atom is -0.496 e. The second kappa shape index (κ2) is 7.49. The number of benzene rings is 1. The summed E-state index contributed by atoms with van der Waals surface area (Å²) in [6.45, 7) is 1.49. The number of rotatable bonds is 4. The third-order valence-electron chi connectivity index (χ3n) is 2.25. The Balaban J connectivity index is 3.04. The lowest BCUT2D eigenvalue weighted by atomic mass is 10.1.